The van der Waals surface area contributed by atoms with Gasteiger partial charge in [-0.25, -0.2) is 0 Å². The molecule has 0 spiro atoms. The Bertz CT molecular complexity index is 662. The van der Waals surface area contributed by atoms with Gasteiger partial charge < -0.3 is 10.2 Å². The van der Waals surface area contributed by atoms with Crippen molar-refractivity contribution >= 4 is 0 Å². The Kier molecular flexibility index (Phi) is 3.59. The van der Waals surface area contributed by atoms with Gasteiger partial charge in [0.15, 0.2) is 5.75 Å². The third kappa shape index (κ3) is 2.10. The Morgan fingerprint density at radius 1 is 1.27 bits per heavy atom. The fourth-order valence-electron chi connectivity index (χ4n) is 5.08. The van der Waals surface area contributed by atoms with Gasteiger partial charge in [0, 0.05) is 5.41 Å². The number of aliphatic hydroxyl groups excluding tert-OH is 1. The molecule has 3 heteroatoms. The number of rotatable bonds is 1. The van der Waals surface area contributed by atoms with Crippen LogP contribution in [-0.4, -0.2) is 16.8 Å². The minimum Gasteiger partial charge on any atom is -0.504 e. The van der Waals surface area contributed by atoms with Crippen LogP contribution in [0.15, 0.2) is 16.9 Å². The average molecular weight is 302 g/mol. The second kappa shape index (κ2) is 5.09. The molecular weight excluding hydrogens is 276 g/mol. The van der Waals surface area contributed by atoms with Crippen molar-refractivity contribution in [2.75, 3.05) is 6.61 Å². The number of hydrogen-bond acceptors (Lipinski definition) is 3. The minimum absolute atomic E-state index is 0.0807. The van der Waals surface area contributed by atoms with E-state index in [9.17, 15) is 15.0 Å². The topological polar surface area (TPSA) is 57.5 Å². The number of aryl methyl sites for hydroxylation is 2. The van der Waals surface area contributed by atoms with E-state index in [0.29, 0.717) is 11.5 Å². The lowest BCUT2D eigenvalue weighted by Gasteiger charge is -2.55. The Morgan fingerprint density at radius 3 is 2.68 bits per heavy atom. The zero-order valence-electron chi connectivity index (χ0n) is 13.8. The summed E-state index contributed by atoms with van der Waals surface area (Å²) in [4.78, 5) is 12.3. The lowest BCUT2D eigenvalue weighted by Crippen LogP contribution is -2.51. The lowest BCUT2D eigenvalue weighted by atomic mass is 9.50. The van der Waals surface area contributed by atoms with Crippen LogP contribution in [0.5, 0.6) is 5.75 Å². The summed E-state index contributed by atoms with van der Waals surface area (Å²) >= 11 is 0. The maximum Gasteiger partial charge on any atom is 0.220 e. The van der Waals surface area contributed by atoms with Crippen LogP contribution in [0.3, 0.4) is 0 Å². The van der Waals surface area contributed by atoms with Crippen molar-refractivity contribution in [2.24, 2.45) is 11.3 Å². The molecule has 1 fully saturated rings. The predicted molar refractivity (Wildman–Crippen MR) is 87.3 cm³/mol. The van der Waals surface area contributed by atoms with E-state index in [0.717, 1.165) is 36.8 Å². The van der Waals surface area contributed by atoms with Gasteiger partial charge in [-0.3, -0.25) is 4.79 Å². The first-order valence-electron chi connectivity index (χ1n) is 8.30. The smallest absolute Gasteiger partial charge is 0.220 e. The molecule has 0 amide bonds. The van der Waals surface area contributed by atoms with Gasteiger partial charge in [0.1, 0.15) is 0 Å². The van der Waals surface area contributed by atoms with Gasteiger partial charge in [-0.2, -0.15) is 0 Å². The van der Waals surface area contributed by atoms with Crippen LogP contribution in [-0.2, 0) is 11.8 Å². The summed E-state index contributed by atoms with van der Waals surface area (Å²) in [5, 5.41) is 20.3. The van der Waals surface area contributed by atoms with Crippen LogP contribution in [0.25, 0.3) is 0 Å². The molecule has 0 aromatic heterocycles. The lowest BCUT2D eigenvalue weighted by molar-refractivity contribution is -0.00503. The molecule has 1 aromatic carbocycles. The molecule has 2 aliphatic rings. The highest BCUT2D eigenvalue weighted by molar-refractivity contribution is 5.44. The number of hydrogen-bond donors (Lipinski definition) is 2. The van der Waals surface area contributed by atoms with E-state index in [2.05, 4.69) is 13.8 Å². The maximum atomic E-state index is 12.3. The van der Waals surface area contributed by atoms with Crippen molar-refractivity contribution in [1.82, 2.24) is 0 Å². The van der Waals surface area contributed by atoms with Gasteiger partial charge in [0.2, 0.25) is 5.43 Å². The molecule has 2 unspecified atom stereocenters. The zero-order chi connectivity index (χ0) is 16.1. The minimum atomic E-state index is -0.327. The van der Waals surface area contributed by atoms with Crippen LogP contribution in [0.1, 0.15) is 56.2 Å². The molecule has 1 saturated carbocycles. The van der Waals surface area contributed by atoms with E-state index in [1.165, 1.54) is 6.42 Å². The van der Waals surface area contributed by atoms with Gasteiger partial charge in [-0.05, 0) is 66.7 Å². The van der Waals surface area contributed by atoms with Crippen molar-refractivity contribution < 1.29 is 10.2 Å². The van der Waals surface area contributed by atoms with Crippen molar-refractivity contribution in [2.45, 2.75) is 58.3 Å². The summed E-state index contributed by atoms with van der Waals surface area (Å²) in [5.41, 5.74) is 2.26. The molecule has 2 N–H and O–H groups in total. The highest BCUT2D eigenvalue weighted by Crippen LogP contribution is 2.56. The SMILES string of the molecule is Cc1cc2c(cc(=O)c1O)C1(CO)CCCC(C)(C)C1CC2. The Morgan fingerprint density at radius 2 is 2.00 bits per heavy atom. The molecule has 0 saturated heterocycles. The number of aromatic hydroxyl groups is 1. The average Bonchev–Trinajstić information content (AvgIpc) is 2.58. The van der Waals surface area contributed by atoms with Gasteiger partial charge in [0.25, 0.3) is 0 Å². The van der Waals surface area contributed by atoms with Crippen LogP contribution in [0.4, 0.5) is 0 Å². The summed E-state index contributed by atoms with van der Waals surface area (Å²) in [6, 6.07) is 3.54. The normalized spacial score (nSPS) is 29.5. The molecule has 2 atom stereocenters. The van der Waals surface area contributed by atoms with Gasteiger partial charge in [-0.15, -0.1) is 0 Å². The zero-order valence-corrected chi connectivity index (χ0v) is 13.8. The molecule has 0 aliphatic heterocycles. The molecule has 120 valence electrons. The van der Waals surface area contributed by atoms with E-state index >= 15 is 0 Å². The molecule has 1 aromatic rings. The third-order valence-electron chi connectivity index (χ3n) is 6.19. The van der Waals surface area contributed by atoms with Crippen LogP contribution < -0.4 is 5.43 Å². The summed E-state index contributed by atoms with van der Waals surface area (Å²) in [6.45, 7) is 6.43. The monoisotopic (exact) mass is 302 g/mol. The fourth-order valence-corrected chi connectivity index (χ4v) is 5.08. The van der Waals surface area contributed by atoms with Crippen molar-refractivity contribution in [3.8, 4) is 5.75 Å². The second-order valence-corrected chi connectivity index (χ2v) is 7.87. The van der Waals surface area contributed by atoms with Crippen LogP contribution in [0.2, 0.25) is 0 Å². The van der Waals surface area contributed by atoms with E-state index in [4.69, 9.17) is 0 Å². The summed E-state index contributed by atoms with van der Waals surface area (Å²) in [5.74, 6) is 0.226. The summed E-state index contributed by atoms with van der Waals surface area (Å²) < 4.78 is 0. The molecule has 22 heavy (non-hydrogen) atoms. The molecule has 0 radical (unpaired) electrons. The Balaban J connectivity index is 2.29. The van der Waals surface area contributed by atoms with Crippen LogP contribution >= 0.6 is 0 Å². The number of aliphatic hydroxyl groups is 1. The maximum absolute atomic E-state index is 12.3. The molecular formula is C19H26O3. The first-order chi connectivity index (χ1) is 10.3. The number of fused-ring (bicyclic) bond motifs is 3. The highest BCUT2D eigenvalue weighted by atomic mass is 16.3. The van der Waals surface area contributed by atoms with Gasteiger partial charge >= 0.3 is 0 Å². The standard InChI is InChI=1S/C19H26O3/c1-12-9-13-5-6-16-18(2,3)7-4-8-19(16,11-20)14(13)10-15(21)17(12)22/h9-10,16,20H,4-8,11H2,1-3H3,(H,21,22). The Labute approximate surface area is 132 Å². The molecule has 3 nitrogen and oxygen atoms in total. The largest absolute Gasteiger partial charge is 0.504 e. The van der Waals surface area contributed by atoms with Crippen molar-refractivity contribution in [1.29, 1.82) is 0 Å². The molecule has 3 rings (SSSR count). The van der Waals surface area contributed by atoms with Crippen LogP contribution in [0, 0.1) is 18.3 Å². The molecule has 0 bridgehead atoms. The van der Waals surface area contributed by atoms with E-state index in [1.54, 1.807) is 13.0 Å². The van der Waals surface area contributed by atoms with E-state index in [1.807, 2.05) is 6.07 Å². The quantitative estimate of drug-likeness (QED) is 0.838. The molecule has 2 aliphatic carbocycles. The van der Waals surface area contributed by atoms with E-state index in [-0.39, 0.29) is 28.6 Å². The van der Waals surface area contributed by atoms with Gasteiger partial charge in [-0.1, -0.05) is 26.3 Å². The Hall–Kier alpha value is -1.35. The predicted octanol–water partition coefficient (Wildman–Crippen LogP) is 3.06. The van der Waals surface area contributed by atoms with E-state index < -0.39 is 0 Å². The second-order valence-electron chi connectivity index (χ2n) is 7.87. The third-order valence-corrected chi connectivity index (χ3v) is 6.19. The highest BCUT2D eigenvalue weighted by Gasteiger charge is 2.52. The van der Waals surface area contributed by atoms with Gasteiger partial charge in [0.05, 0.1) is 6.61 Å². The summed E-state index contributed by atoms with van der Waals surface area (Å²) in [7, 11) is 0. The van der Waals surface area contributed by atoms with Crippen molar-refractivity contribution in [3.63, 3.8) is 0 Å². The molecule has 0 heterocycles. The fraction of sp³-hybridized carbons (Fsp3) is 0.632. The van der Waals surface area contributed by atoms with Crippen molar-refractivity contribution in [3.05, 3.63) is 39.0 Å². The first-order valence-corrected chi connectivity index (χ1v) is 8.30. The summed E-state index contributed by atoms with van der Waals surface area (Å²) in [6.07, 6.45) is 5.12. The first kappa shape index (κ1) is 15.5.